The molecule has 1 aliphatic heterocycles. The highest BCUT2D eigenvalue weighted by atomic mass is 79.9. The number of hydrogen-bond donors (Lipinski definition) is 2. The topological polar surface area (TPSA) is 44.4 Å². The summed E-state index contributed by atoms with van der Waals surface area (Å²) in [6, 6.07) is 2.92. The average Bonchev–Trinajstić information content (AvgIpc) is 2.98. The Balaban J connectivity index is 1.83. The maximum atomic E-state index is 11.7. The van der Waals surface area contributed by atoms with Gasteiger partial charge in [0.2, 0.25) is 0 Å². The van der Waals surface area contributed by atoms with E-state index >= 15 is 0 Å². The zero-order chi connectivity index (χ0) is 13.8. The van der Waals surface area contributed by atoms with Crippen LogP contribution in [0.25, 0.3) is 0 Å². The van der Waals surface area contributed by atoms with Gasteiger partial charge in [-0.2, -0.15) is 0 Å². The minimum atomic E-state index is 0.0540. The molecule has 0 spiro atoms. The second-order valence-corrected chi connectivity index (χ2v) is 6.68. The largest absolute Gasteiger partial charge is 0.338 e. The highest BCUT2D eigenvalue weighted by molar-refractivity contribution is 9.10. The van der Waals surface area contributed by atoms with Crippen LogP contribution >= 0.6 is 27.3 Å². The van der Waals surface area contributed by atoms with Crippen LogP contribution in [0.1, 0.15) is 31.2 Å². The third kappa shape index (κ3) is 3.94. The molecule has 19 heavy (non-hydrogen) atoms. The molecule has 1 saturated heterocycles. The van der Waals surface area contributed by atoms with Crippen LogP contribution in [0, 0.1) is 0 Å². The molecule has 2 atom stereocenters. The van der Waals surface area contributed by atoms with Crippen molar-refractivity contribution in [3.8, 4) is 0 Å². The number of thiophene rings is 1. The van der Waals surface area contributed by atoms with Gasteiger partial charge >= 0.3 is 6.03 Å². The zero-order valence-corrected chi connectivity index (χ0v) is 13.7. The van der Waals surface area contributed by atoms with Crippen LogP contribution in [0.15, 0.2) is 15.9 Å². The van der Waals surface area contributed by atoms with Crippen molar-refractivity contribution in [1.82, 2.24) is 15.5 Å². The SMILES string of the molecule is CCNC(=O)N1CC[C@H](N[C@H](C)c2cc(Br)cs2)C1. The first kappa shape index (κ1) is 14.8. The lowest BCUT2D eigenvalue weighted by atomic mass is 10.2. The molecule has 2 heterocycles. The van der Waals surface area contributed by atoms with E-state index in [-0.39, 0.29) is 6.03 Å². The molecule has 1 aromatic heterocycles. The Kier molecular flexibility index (Phi) is 5.24. The second kappa shape index (κ2) is 6.72. The number of urea groups is 1. The summed E-state index contributed by atoms with van der Waals surface area (Å²) in [5.41, 5.74) is 0. The smallest absolute Gasteiger partial charge is 0.317 e. The minimum absolute atomic E-state index is 0.0540. The fourth-order valence-corrected chi connectivity index (χ4v) is 3.80. The molecule has 2 rings (SSSR count). The Morgan fingerprint density at radius 1 is 1.68 bits per heavy atom. The standard InChI is InChI=1S/C13H20BrN3OS/c1-3-15-13(18)17-5-4-11(7-17)16-9(2)12-6-10(14)8-19-12/h6,8-9,11,16H,3-5,7H2,1-2H3,(H,15,18)/t9-,11+/m1/s1. The number of carbonyl (C=O) groups is 1. The normalized spacial score (nSPS) is 20.6. The van der Waals surface area contributed by atoms with E-state index in [9.17, 15) is 4.79 Å². The summed E-state index contributed by atoms with van der Waals surface area (Å²) >= 11 is 5.23. The van der Waals surface area contributed by atoms with Crippen LogP contribution in [0.5, 0.6) is 0 Å². The molecule has 0 aliphatic carbocycles. The lowest BCUT2D eigenvalue weighted by Gasteiger charge is -2.20. The molecule has 0 saturated carbocycles. The van der Waals surface area contributed by atoms with Crippen LogP contribution < -0.4 is 10.6 Å². The van der Waals surface area contributed by atoms with Crippen LogP contribution in [0.2, 0.25) is 0 Å². The van der Waals surface area contributed by atoms with E-state index in [2.05, 4.69) is 44.9 Å². The first-order chi connectivity index (χ1) is 9.10. The van der Waals surface area contributed by atoms with Gasteiger partial charge < -0.3 is 15.5 Å². The molecule has 1 aliphatic rings. The Labute approximate surface area is 126 Å². The van der Waals surface area contributed by atoms with Gasteiger partial charge in [-0.1, -0.05) is 0 Å². The van der Waals surface area contributed by atoms with E-state index in [1.807, 2.05) is 11.8 Å². The molecule has 2 amide bonds. The van der Waals surface area contributed by atoms with E-state index in [0.717, 1.165) is 24.0 Å². The average molecular weight is 346 g/mol. The van der Waals surface area contributed by atoms with E-state index in [1.165, 1.54) is 4.88 Å². The predicted molar refractivity (Wildman–Crippen MR) is 82.6 cm³/mol. The van der Waals surface area contributed by atoms with Crippen molar-refractivity contribution in [1.29, 1.82) is 0 Å². The fourth-order valence-electron chi connectivity index (χ4n) is 2.33. The summed E-state index contributed by atoms with van der Waals surface area (Å²) in [4.78, 5) is 14.9. The molecule has 0 unspecified atom stereocenters. The number of amides is 2. The maximum absolute atomic E-state index is 11.7. The van der Waals surface area contributed by atoms with Gasteiger partial charge in [-0.25, -0.2) is 4.79 Å². The van der Waals surface area contributed by atoms with Crippen LogP contribution in [-0.4, -0.2) is 36.6 Å². The molecule has 106 valence electrons. The van der Waals surface area contributed by atoms with Crippen LogP contribution in [0.4, 0.5) is 4.79 Å². The van der Waals surface area contributed by atoms with Gasteiger partial charge in [0.15, 0.2) is 0 Å². The quantitative estimate of drug-likeness (QED) is 0.880. The van der Waals surface area contributed by atoms with Gasteiger partial charge in [-0.3, -0.25) is 0 Å². The van der Waals surface area contributed by atoms with E-state index in [4.69, 9.17) is 0 Å². The van der Waals surface area contributed by atoms with Crippen molar-refractivity contribution in [2.75, 3.05) is 19.6 Å². The molecular weight excluding hydrogens is 326 g/mol. The lowest BCUT2D eigenvalue weighted by Crippen LogP contribution is -2.41. The van der Waals surface area contributed by atoms with E-state index in [1.54, 1.807) is 11.3 Å². The van der Waals surface area contributed by atoms with Crippen molar-refractivity contribution in [3.63, 3.8) is 0 Å². The summed E-state index contributed by atoms with van der Waals surface area (Å²) in [5.74, 6) is 0. The second-order valence-electron chi connectivity index (χ2n) is 4.82. The molecule has 6 heteroatoms. The summed E-state index contributed by atoms with van der Waals surface area (Å²) in [7, 11) is 0. The van der Waals surface area contributed by atoms with Crippen molar-refractivity contribution in [3.05, 3.63) is 20.8 Å². The first-order valence-electron chi connectivity index (χ1n) is 6.63. The van der Waals surface area contributed by atoms with Crippen LogP contribution in [0.3, 0.4) is 0 Å². The molecule has 0 aromatic carbocycles. The molecule has 2 N–H and O–H groups in total. The number of halogens is 1. The predicted octanol–water partition coefficient (Wildman–Crippen LogP) is 2.97. The van der Waals surface area contributed by atoms with Gasteiger partial charge in [0, 0.05) is 46.4 Å². The summed E-state index contributed by atoms with van der Waals surface area (Å²) < 4.78 is 1.14. The number of nitrogens with one attached hydrogen (secondary N) is 2. The van der Waals surface area contributed by atoms with Gasteiger partial charge in [-0.05, 0) is 42.3 Å². The van der Waals surface area contributed by atoms with E-state index in [0.29, 0.717) is 18.6 Å². The van der Waals surface area contributed by atoms with Gasteiger partial charge in [0.1, 0.15) is 0 Å². The summed E-state index contributed by atoms with van der Waals surface area (Å²) in [6.45, 7) is 6.44. The van der Waals surface area contributed by atoms with Gasteiger partial charge in [0.25, 0.3) is 0 Å². The molecule has 1 fully saturated rings. The highest BCUT2D eigenvalue weighted by Crippen LogP contribution is 2.26. The third-order valence-electron chi connectivity index (χ3n) is 3.30. The zero-order valence-electron chi connectivity index (χ0n) is 11.3. The number of nitrogens with zero attached hydrogens (tertiary/aromatic N) is 1. The molecule has 1 aromatic rings. The number of carbonyl (C=O) groups excluding carboxylic acids is 1. The molecule has 0 radical (unpaired) electrons. The maximum Gasteiger partial charge on any atom is 0.317 e. The number of hydrogen-bond acceptors (Lipinski definition) is 3. The van der Waals surface area contributed by atoms with Crippen molar-refractivity contribution in [2.45, 2.75) is 32.4 Å². The van der Waals surface area contributed by atoms with Gasteiger partial charge in [-0.15, -0.1) is 11.3 Å². The van der Waals surface area contributed by atoms with Crippen LogP contribution in [-0.2, 0) is 0 Å². The first-order valence-corrected chi connectivity index (χ1v) is 8.30. The summed E-state index contributed by atoms with van der Waals surface area (Å²) in [6.07, 6.45) is 1.02. The minimum Gasteiger partial charge on any atom is -0.338 e. The monoisotopic (exact) mass is 345 g/mol. The fraction of sp³-hybridized carbons (Fsp3) is 0.615. The lowest BCUT2D eigenvalue weighted by molar-refractivity contribution is 0.208. The Bertz CT molecular complexity index is 437. The number of rotatable bonds is 4. The third-order valence-corrected chi connectivity index (χ3v) is 5.18. The Morgan fingerprint density at radius 3 is 3.11 bits per heavy atom. The van der Waals surface area contributed by atoms with Gasteiger partial charge in [0.05, 0.1) is 0 Å². The Hall–Kier alpha value is -0.590. The molecule has 4 nitrogen and oxygen atoms in total. The molecular formula is C13H20BrN3OS. The Morgan fingerprint density at radius 2 is 2.47 bits per heavy atom. The van der Waals surface area contributed by atoms with Crippen molar-refractivity contribution in [2.24, 2.45) is 0 Å². The number of likely N-dealkylation sites (tertiary alicyclic amines) is 1. The van der Waals surface area contributed by atoms with Crippen molar-refractivity contribution >= 4 is 33.3 Å². The van der Waals surface area contributed by atoms with E-state index < -0.39 is 0 Å². The van der Waals surface area contributed by atoms with Crippen molar-refractivity contribution < 1.29 is 4.79 Å². The highest BCUT2D eigenvalue weighted by Gasteiger charge is 2.27. The molecule has 0 bridgehead atoms. The summed E-state index contributed by atoms with van der Waals surface area (Å²) in [5, 5.41) is 8.56.